The summed E-state index contributed by atoms with van der Waals surface area (Å²) < 4.78 is 48.8. The number of benzene rings is 3. The van der Waals surface area contributed by atoms with Gasteiger partial charge in [-0.2, -0.15) is 13.2 Å². The summed E-state index contributed by atoms with van der Waals surface area (Å²) in [5.41, 5.74) is 0.319. The van der Waals surface area contributed by atoms with Crippen LogP contribution in [0.1, 0.15) is 21.5 Å². The van der Waals surface area contributed by atoms with Gasteiger partial charge in [-0.25, -0.2) is 0 Å². The lowest BCUT2D eigenvalue weighted by atomic mass is 10.1. The van der Waals surface area contributed by atoms with Gasteiger partial charge in [0, 0.05) is 22.9 Å². The Bertz CT molecular complexity index is 1250. The van der Waals surface area contributed by atoms with E-state index in [4.69, 9.17) is 9.47 Å². The zero-order chi connectivity index (χ0) is 25.3. The zero-order valence-corrected chi connectivity index (χ0v) is 18.6. The van der Waals surface area contributed by atoms with Crippen LogP contribution in [0, 0.1) is 11.8 Å². The second kappa shape index (κ2) is 11.6. The molecule has 0 aliphatic heterocycles. The van der Waals surface area contributed by atoms with Crippen molar-refractivity contribution in [3.05, 3.63) is 89.5 Å². The van der Waals surface area contributed by atoms with Gasteiger partial charge in [0.25, 0.3) is 11.8 Å². The first-order valence-electron chi connectivity index (χ1n) is 10.4. The van der Waals surface area contributed by atoms with Crippen molar-refractivity contribution in [2.24, 2.45) is 0 Å². The van der Waals surface area contributed by atoms with Crippen molar-refractivity contribution in [2.75, 3.05) is 25.6 Å². The maximum absolute atomic E-state index is 12.7. The Hall–Kier alpha value is -4.45. The Balaban J connectivity index is 1.46. The topological polar surface area (TPSA) is 76.7 Å². The smallest absolute Gasteiger partial charge is 0.416 e. The largest absolute Gasteiger partial charge is 0.497 e. The summed E-state index contributed by atoms with van der Waals surface area (Å²) in [5, 5.41) is 5.26. The average Bonchev–Trinajstić information content (AvgIpc) is 2.85. The van der Waals surface area contributed by atoms with Gasteiger partial charge < -0.3 is 20.1 Å². The standard InChI is InChI=1S/C26H21F3N2O4/c1-34-23-9-3-8-21(16-23)31-24(32)17-35-22-12-10-19(11-13-22)25(33)30-14-4-6-18-5-2-7-20(15-18)26(27,28)29/h2-3,5,7-13,15-16H,14,17H2,1H3,(H,30,33)(H,31,32). The fraction of sp³-hybridized carbons (Fsp3) is 0.154. The molecule has 6 nitrogen and oxygen atoms in total. The van der Waals surface area contributed by atoms with Crippen LogP contribution in [0.2, 0.25) is 0 Å². The first-order valence-corrected chi connectivity index (χ1v) is 10.4. The summed E-state index contributed by atoms with van der Waals surface area (Å²) in [6.07, 6.45) is -4.44. The Morgan fingerprint density at radius 3 is 2.40 bits per heavy atom. The van der Waals surface area contributed by atoms with E-state index in [2.05, 4.69) is 22.5 Å². The summed E-state index contributed by atoms with van der Waals surface area (Å²) in [6, 6.07) is 17.7. The molecule has 0 fully saturated rings. The van der Waals surface area contributed by atoms with Gasteiger partial charge in [-0.1, -0.05) is 24.0 Å². The van der Waals surface area contributed by atoms with Crippen LogP contribution < -0.4 is 20.1 Å². The molecule has 0 saturated heterocycles. The number of hydrogen-bond donors (Lipinski definition) is 2. The maximum atomic E-state index is 12.7. The molecule has 3 aromatic rings. The summed E-state index contributed by atoms with van der Waals surface area (Å²) in [4.78, 5) is 24.3. The number of carbonyl (C=O) groups excluding carboxylic acids is 2. The second-order valence-electron chi connectivity index (χ2n) is 7.16. The van der Waals surface area contributed by atoms with E-state index >= 15 is 0 Å². The molecular weight excluding hydrogens is 461 g/mol. The summed E-state index contributed by atoms with van der Waals surface area (Å²) in [6.45, 7) is -0.272. The minimum Gasteiger partial charge on any atom is -0.497 e. The fourth-order valence-corrected chi connectivity index (χ4v) is 2.90. The summed E-state index contributed by atoms with van der Waals surface area (Å²) in [5.74, 6) is 5.45. The van der Waals surface area contributed by atoms with Crippen molar-refractivity contribution < 1.29 is 32.2 Å². The highest BCUT2D eigenvalue weighted by Gasteiger charge is 2.30. The zero-order valence-electron chi connectivity index (χ0n) is 18.6. The molecule has 3 rings (SSSR count). The van der Waals surface area contributed by atoms with E-state index in [-0.39, 0.29) is 24.6 Å². The monoisotopic (exact) mass is 482 g/mol. The van der Waals surface area contributed by atoms with Crippen molar-refractivity contribution in [3.8, 4) is 23.3 Å². The van der Waals surface area contributed by atoms with E-state index in [1.54, 1.807) is 36.4 Å². The van der Waals surface area contributed by atoms with Crippen LogP contribution in [0.4, 0.5) is 18.9 Å². The van der Waals surface area contributed by atoms with E-state index < -0.39 is 17.6 Å². The normalized spacial score (nSPS) is 10.5. The number of carbonyl (C=O) groups is 2. The highest BCUT2D eigenvalue weighted by molar-refractivity contribution is 5.94. The predicted octanol–water partition coefficient (Wildman–Crippen LogP) is 4.51. The van der Waals surface area contributed by atoms with Gasteiger partial charge >= 0.3 is 6.18 Å². The van der Waals surface area contributed by atoms with Crippen LogP contribution >= 0.6 is 0 Å². The lowest BCUT2D eigenvalue weighted by Crippen LogP contribution is -2.23. The lowest BCUT2D eigenvalue weighted by molar-refractivity contribution is -0.137. The first-order chi connectivity index (χ1) is 16.7. The molecule has 9 heteroatoms. The van der Waals surface area contributed by atoms with Crippen LogP contribution in [0.3, 0.4) is 0 Å². The minimum atomic E-state index is -4.44. The molecule has 0 aliphatic carbocycles. The molecule has 0 aromatic heterocycles. The molecule has 2 amide bonds. The van der Waals surface area contributed by atoms with Gasteiger partial charge in [0.1, 0.15) is 11.5 Å². The highest BCUT2D eigenvalue weighted by Crippen LogP contribution is 2.29. The van der Waals surface area contributed by atoms with Gasteiger partial charge in [-0.15, -0.1) is 0 Å². The Labute approximate surface area is 200 Å². The van der Waals surface area contributed by atoms with Gasteiger partial charge in [0.05, 0.1) is 19.2 Å². The number of nitrogens with one attached hydrogen (secondary N) is 2. The quantitative estimate of drug-likeness (QED) is 0.486. The first kappa shape index (κ1) is 25.2. The van der Waals surface area contributed by atoms with Gasteiger partial charge in [0.15, 0.2) is 6.61 Å². The third-order valence-corrected chi connectivity index (χ3v) is 4.60. The molecule has 180 valence electrons. The second-order valence-corrected chi connectivity index (χ2v) is 7.16. The molecule has 0 unspecified atom stereocenters. The van der Waals surface area contributed by atoms with Crippen molar-refractivity contribution in [1.82, 2.24) is 5.32 Å². The molecule has 0 saturated carbocycles. The molecule has 0 heterocycles. The van der Waals surface area contributed by atoms with Crippen LogP contribution in [-0.4, -0.2) is 32.1 Å². The Morgan fingerprint density at radius 2 is 1.69 bits per heavy atom. The summed E-state index contributed by atoms with van der Waals surface area (Å²) in [7, 11) is 1.53. The van der Waals surface area contributed by atoms with Crippen molar-refractivity contribution in [3.63, 3.8) is 0 Å². The van der Waals surface area contributed by atoms with E-state index in [9.17, 15) is 22.8 Å². The van der Waals surface area contributed by atoms with Crippen LogP contribution in [-0.2, 0) is 11.0 Å². The Morgan fingerprint density at radius 1 is 0.943 bits per heavy atom. The minimum absolute atomic E-state index is 0.0439. The van der Waals surface area contributed by atoms with E-state index in [0.29, 0.717) is 22.7 Å². The molecule has 0 aliphatic rings. The highest BCUT2D eigenvalue weighted by atomic mass is 19.4. The number of halogens is 3. The van der Waals surface area contributed by atoms with Crippen molar-refractivity contribution in [1.29, 1.82) is 0 Å². The molecule has 0 bridgehead atoms. The predicted molar refractivity (Wildman–Crippen MR) is 124 cm³/mol. The molecule has 0 spiro atoms. The van der Waals surface area contributed by atoms with Gasteiger partial charge in [-0.3, -0.25) is 9.59 Å². The average molecular weight is 482 g/mol. The molecule has 35 heavy (non-hydrogen) atoms. The van der Waals surface area contributed by atoms with Gasteiger partial charge in [0.2, 0.25) is 0 Å². The lowest BCUT2D eigenvalue weighted by Gasteiger charge is -2.09. The number of alkyl halides is 3. The van der Waals surface area contributed by atoms with Crippen molar-refractivity contribution in [2.45, 2.75) is 6.18 Å². The third-order valence-electron chi connectivity index (χ3n) is 4.60. The number of amides is 2. The molecule has 2 N–H and O–H groups in total. The molecular formula is C26H21F3N2O4. The number of ether oxygens (including phenoxy) is 2. The molecule has 0 radical (unpaired) electrons. The molecule has 3 aromatic carbocycles. The van der Waals surface area contributed by atoms with Crippen LogP contribution in [0.15, 0.2) is 72.8 Å². The fourth-order valence-electron chi connectivity index (χ4n) is 2.90. The van der Waals surface area contributed by atoms with Crippen LogP contribution in [0.5, 0.6) is 11.5 Å². The number of rotatable bonds is 7. The molecule has 0 atom stereocenters. The maximum Gasteiger partial charge on any atom is 0.416 e. The van der Waals surface area contributed by atoms with Gasteiger partial charge in [-0.05, 0) is 54.6 Å². The number of anilines is 1. The van der Waals surface area contributed by atoms with Crippen molar-refractivity contribution >= 4 is 17.5 Å². The number of methoxy groups -OCH3 is 1. The van der Waals surface area contributed by atoms with E-state index in [0.717, 1.165) is 12.1 Å². The Kier molecular flexibility index (Phi) is 8.35. The number of hydrogen-bond acceptors (Lipinski definition) is 4. The SMILES string of the molecule is COc1cccc(NC(=O)COc2ccc(C(=O)NCC#Cc3cccc(C(F)(F)F)c3)cc2)c1. The third kappa shape index (κ3) is 7.82. The van der Waals surface area contributed by atoms with E-state index in [1.165, 1.54) is 31.4 Å². The van der Waals surface area contributed by atoms with Crippen LogP contribution in [0.25, 0.3) is 0 Å². The summed E-state index contributed by atoms with van der Waals surface area (Å²) >= 11 is 0. The van der Waals surface area contributed by atoms with E-state index in [1.807, 2.05) is 0 Å².